The standard InChI is InChI=1S/CH6O3S/c1-5(2,3)4/h2-4H,1H3. The molecule has 0 amide bonds. The lowest BCUT2D eigenvalue weighted by atomic mass is 12.0. The minimum Gasteiger partial charge on any atom is -0.308 e. The predicted octanol–water partition coefficient (Wildman–Crippen LogP) is 0.840. The van der Waals surface area contributed by atoms with Gasteiger partial charge in [0, 0.05) is 6.26 Å². The Bertz CT molecular complexity index is 22.4. The molecule has 0 radical (unpaired) electrons. The highest BCUT2D eigenvalue weighted by Crippen LogP contribution is 2.24. The predicted molar refractivity (Wildman–Crippen MR) is 21.4 cm³/mol. The Kier molecular flexibility index (Phi) is 1.19. The van der Waals surface area contributed by atoms with Crippen molar-refractivity contribution >= 4 is 10.9 Å². The molecule has 0 aromatic heterocycles. The van der Waals surface area contributed by atoms with Crippen LogP contribution in [0.15, 0.2) is 0 Å². The second kappa shape index (κ2) is 1.14. The molecule has 0 spiro atoms. The Morgan fingerprint density at radius 3 is 1.20 bits per heavy atom. The van der Waals surface area contributed by atoms with Crippen molar-refractivity contribution in [1.82, 2.24) is 0 Å². The normalized spacial score (nSPS) is 15.2. The summed E-state index contributed by atoms with van der Waals surface area (Å²) in [5, 5.41) is 0. The van der Waals surface area contributed by atoms with Gasteiger partial charge in [-0.25, -0.2) is 0 Å². The molecule has 3 nitrogen and oxygen atoms in total. The summed E-state index contributed by atoms with van der Waals surface area (Å²) in [5.41, 5.74) is 0. The van der Waals surface area contributed by atoms with Crippen LogP contribution < -0.4 is 0 Å². The van der Waals surface area contributed by atoms with Gasteiger partial charge in [-0.1, -0.05) is 0 Å². The summed E-state index contributed by atoms with van der Waals surface area (Å²) in [6, 6.07) is 0. The van der Waals surface area contributed by atoms with Crippen LogP contribution in [0.1, 0.15) is 0 Å². The molecule has 0 heterocycles. The van der Waals surface area contributed by atoms with E-state index >= 15 is 0 Å². The Labute approximate surface area is 31.8 Å². The summed E-state index contributed by atoms with van der Waals surface area (Å²) in [6.45, 7) is 0. The van der Waals surface area contributed by atoms with Gasteiger partial charge in [-0.05, 0) is 0 Å². The molecule has 3 N–H and O–H groups in total. The van der Waals surface area contributed by atoms with Gasteiger partial charge in [-0.2, -0.15) is 0 Å². The van der Waals surface area contributed by atoms with Gasteiger partial charge < -0.3 is 13.7 Å². The minimum absolute atomic E-state index is 0.938. The van der Waals surface area contributed by atoms with E-state index in [0.29, 0.717) is 0 Å². The van der Waals surface area contributed by atoms with Gasteiger partial charge in [-0.3, -0.25) is 0 Å². The van der Waals surface area contributed by atoms with Gasteiger partial charge in [0.2, 0.25) is 0 Å². The van der Waals surface area contributed by atoms with Crippen LogP contribution in [0, 0.1) is 0 Å². The van der Waals surface area contributed by atoms with Crippen molar-refractivity contribution < 1.29 is 13.7 Å². The molecule has 4 heteroatoms. The fourth-order valence-corrected chi connectivity index (χ4v) is 0. The first-order chi connectivity index (χ1) is 2.00. The lowest BCUT2D eigenvalue weighted by Crippen LogP contribution is -1.86. The summed E-state index contributed by atoms with van der Waals surface area (Å²) in [5.74, 6) is 0. The van der Waals surface area contributed by atoms with Crippen LogP contribution in [-0.4, -0.2) is 19.9 Å². The van der Waals surface area contributed by atoms with Gasteiger partial charge in [-0.15, -0.1) is 0 Å². The summed E-state index contributed by atoms with van der Waals surface area (Å²) >= 11 is 0. The van der Waals surface area contributed by atoms with Crippen LogP contribution in [0.4, 0.5) is 0 Å². The van der Waals surface area contributed by atoms with Gasteiger partial charge >= 0.3 is 0 Å². The zero-order valence-corrected chi connectivity index (χ0v) is 3.57. The van der Waals surface area contributed by atoms with Crippen LogP contribution in [0.3, 0.4) is 0 Å². The molecule has 34 valence electrons. The summed E-state index contributed by atoms with van der Waals surface area (Å²) in [6.07, 6.45) is 0.938. The molecule has 0 aromatic carbocycles. The van der Waals surface area contributed by atoms with E-state index in [1.165, 1.54) is 0 Å². The average Bonchev–Trinajstić information content (AvgIpc) is 0.722. The van der Waals surface area contributed by atoms with Crippen molar-refractivity contribution in [1.29, 1.82) is 0 Å². The zero-order chi connectivity index (χ0) is 4.50. The van der Waals surface area contributed by atoms with Gasteiger partial charge in [0.05, 0.1) is 10.9 Å². The molecule has 0 saturated heterocycles. The second-order valence-electron chi connectivity index (χ2n) is 0.793. The van der Waals surface area contributed by atoms with Crippen molar-refractivity contribution in [2.75, 3.05) is 6.26 Å². The molecule has 0 fully saturated rings. The highest BCUT2D eigenvalue weighted by atomic mass is 32.3. The Hall–Kier alpha value is 0.230. The maximum Gasteiger partial charge on any atom is 0.0779 e. The van der Waals surface area contributed by atoms with E-state index in [1.807, 2.05) is 0 Å². The molecule has 0 aliphatic carbocycles. The summed E-state index contributed by atoms with van der Waals surface area (Å²) in [4.78, 5) is 0. The monoisotopic (exact) mass is 98.0 g/mol. The smallest absolute Gasteiger partial charge is 0.0779 e. The number of rotatable bonds is 0. The third-order valence-electron chi connectivity index (χ3n) is 0. The van der Waals surface area contributed by atoms with E-state index in [2.05, 4.69) is 0 Å². The second-order valence-corrected chi connectivity index (χ2v) is 2.38. The van der Waals surface area contributed by atoms with Crippen LogP contribution >= 0.6 is 10.9 Å². The molecule has 5 heavy (non-hydrogen) atoms. The van der Waals surface area contributed by atoms with Crippen LogP contribution in [-0.2, 0) is 0 Å². The minimum atomic E-state index is -3.17. The first-order valence-electron chi connectivity index (χ1n) is 0.956. The Balaban J connectivity index is 3.02. The maximum atomic E-state index is 7.72. The van der Waals surface area contributed by atoms with E-state index in [0.717, 1.165) is 6.26 Å². The fraction of sp³-hybridized carbons (Fsp3) is 1.00. The van der Waals surface area contributed by atoms with Gasteiger partial charge in [0.1, 0.15) is 0 Å². The van der Waals surface area contributed by atoms with Crippen LogP contribution in [0.25, 0.3) is 0 Å². The molecular weight excluding hydrogens is 92.1 g/mol. The maximum absolute atomic E-state index is 7.72. The molecule has 0 atom stereocenters. The largest absolute Gasteiger partial charge is 0.308 e. The zero-order valence-electron chi connectivity index (χ0n) is 2.75. The fourth-order valence-electron chi connectivity index (χ4n) is 0. The van der Waals surface area contributed by atoms with Crippen molar-refractivity contribution in [3.63, 3.8) is 0 Å². The van der Waals surface area contributed by atoms with Crippen molar-refractivity contribution in [2.24, 2.45) is 0 Å². The van der Waals surface area contributed by atoms with Crippen molar-refractivity contribution in [3.8, 4) is 0 Å². The lowest BCUT2D eigenvalue weighted by molar-refractivity contribution is 0.384. The Morgan fingerprint density at radius 2 is 1.20 bits per heavy atom. The van der Waals surface area contributed by atoms with Crippen LogP contribution in [0.2, 0.25) is 0 Å². The quantitative estimate of drug-likeness (QED) is 0.420. The SMILES string of the molecule is CS(O)(O)O. The lowest BCUT2D eigenvalue weighted by Gasteiger charge is -2.08. The molecular formula is CH6O3S. The van der Waals surface area contributed by atoms with E-state index in [4.69, 9.17) is 13.7 Å². The molecule has 0 aliphatic rings. The van der Waals surface area contributed by atoms with E-state index in [1.54, 1.807) is 0 Å². The van der Waals surface area contributed by atoms with Crippen LogP contribution in [0.5, 0.6) is 0 Å². The molecule has 0 unspecified atom stereocenters. The van der Waals surface area contributed by atoms with E-state index < -0.39 is 10.9 Å². The third kappa shape index (κ3) is 398. The highest BCUT2D eigenvalue weighted by Gasteiger charge is 1.94. The van der Waals surface area contributed by atoms with Gasteiger partial charge in [0.15, 0.2) is 0 Å². The average molecular weight is 98.1 g/mol. The molecule has 0 aromatic rings. The molecule has 0 bridgehead atoms. The first-order valence-corrected chi connectivity index (χ1v) is 2.87. The summed E-state index contributed by atoms with van der Waals surface area (Å²) < 4.78 is 23.1. The third-order valence-corrected chi connectivity index (χ3v) is 0. The molecule has 0 saturated carbocycles. The Morgan fingerprint density at radius 1 is 1.20 bits per heavy atom. The van der Waals surface area contributed by atoms with E-state index in [9.17, 15) is 0 Å². The topological polar surface area (TPSA) is 60.7 Å². The van der Waals surface area contributed by atoms with E-state index in [-0.39, 0.29) is 0 Å². The molecule has 0 aliphatic heterocycles. The molecule has 0 rings (SSSR count). The number of hydrogen-bond acceptors (Lipinski definition) is 3. The number of hydrogen-bond donors (Lipinski definition) is 3. The summed E-state index contributed by atoms with van der Waals surface area (Å²) in [7, 11) is -3.17. The first kappa shape index (κ1) is 5.23. The van der Waals surface area contributed by atoms with Gasteiger partial charge in [0.25, 0.3) is 0 Å². The van der Waals surface area contributed by atoms with Crippen molar-refractivity contribution in [3.05, 3.63) is 0 Å². The van der Waals surface area contributed by atoms with Crippen molar-refractivity contribution in [2.45, 2.75) is 0 Å². The highest BCUT2D eigenvalue weighted by molar-refractivity contribution is 8.18.